The van der Waals surface area contributed by atoms with Crippen molar-refractivity contribution in [3.63, 3.8) is 0 Å². The number of para-hydroxylation sites is 2. The third kappa shape index (κ3) is 4.90. The average molecular weight is 598 g/mol. The molecule has 0 unspecified atom stereocenters. The van der Waals surface area contributed by atoms with Crippen molar-refractivity contribution in [1.29, 1.82) is 0 Å². The molecule has 0 saturated carbocycles. The van der Waals surface area contributed by atoms with Gasteiger partial charge >= 0.3 is 0 Å². The number of benzene rings is 9. The van der Waals surface area contributed by atoms with Crippen LogP contribution in [0.4, 0.5) is 17.1 Å². The summed E-state index contributed by atoms with van der Waals surface area (Å²) in [6, 6.07) is 68.2. The van der Waals surface area contributed by atoms with Crippen LogP contribution in [0.2, 0.25) is 0 Å². The third-order valence-electron chi connectivity index (χ3n) is 9.34. The van der Waals surface area contributed by atoms with Gasteiger partial charge in [-0.25, -0.2) is 0 Å². The van der Waals surface area contributed by atoms with Crippen LogP contribution in [0.1, 0.15) is 0 Å². The monoisotopic (exact) mass is 597 g/mol. The van der Waals surface area contributed by atoms with Crippen LogP contribution in [-0.4, -0.2) is 0 Å². The van der Waals surface area contributed by atoms with Gasteiger partial charge in [0.15, 0.2) is 0 Å². The standard InChI is InChI=1S/C46H31N/c1-3-13-41(14-4-1)47(42-15-5-2-6-16-42)43-25-23-32(24-26-43)33-19-20-34-29-40-31-38(22-21-35(40)28-39(34)27-33)46-44-17-9-7-11-36(44)30-37-12-8-10-18-45(37)46/h1-31H. The van der Waals surface area contributed by atoms with Gasteiger partial charge in [0.2, 0.25) is 0 Å². The van der Waals surface area contributed by atoms with Gasteiger partial charge in [0.1, 0.15) is 0 Å². The van der Waals surface area contributed by atoms with Crippen molar-refractivity contribution in [2.24, 2.45) is 0 Å². The molecule has 0 atom stereocenters. The molecule has 9 aromatic carbocycles. The molecule has 0 aliphatic carbocycles. The van der Waals surface area contributed by atoms with Gasteiger partial charge in [0.05, 0.1) is 0 Å². The lowest BCUT2D eigenvalue weighted by atomic mass is 9.90. The Kier molecular flexibility index (Phi) is 6.54. The SMILES string of the molecule is c1ccc(N(c2ccccc2)c2ccc(-c3ccc4cc5cc(-c6c7ccccc7cc7ccccc67)ccc5cc4c3)cc2)cc1. The van der Waals surface area contributed by atoms with Crippen LogP contribution in [0.15, 0.2) is 188 Å². The Morgan fingerprint density at radius 3 is 1.26 bits per heavy atom. The van der Waals surface area contributed by atoms with Gasteiger partial charge in [-0.2, -0.15) is 0 Å². The van der Waals surface area contributed by atoms with Crippen molar-refractivity contribution < 1.29 is 0 Å². The zero-order chi connectivity index (χ0) is 31.2. The van der Waals surface area contributed by atoms with Crippen molar-refractivity contribution in [2.75, 3.05) is 4.90 Å². The lowest BCUT2D eigenvalue weighted by molar-refractivity contribution is 1.28. The normalized spacial score (nSPS) is 11.4. The number of hydrogen-bond donors (Lipinski definition) is 0. The van der Waals surface area contributed by atoms with Crippen molar-refractivity contribution >= 4 is 60.2 Å². The molecule has 220 valence electrons. The molecule has 9 aromatic rings. The molecule has 9 rings (SSSR count). The van der Waals surface area contributed by atoms with Crippen LogP contribution in [0.5, 0.6) is 0 Å². The van der Waals surface area contributed by atoms with E-state index in [2.05, 4.69) is 193 Å². The van der Waals surface area contributed by atoms with Gasteiger partial charge in [-0.05, 0) is 132 Å². The van der Waals surface area contributed by atoms with Crippen LogP contribution in [-0.2, 0) is 0 Å². The molecule has 0 aromatic heterocycles. The lowest BCUT2D eigenvalue weighted by Crippen LogP contribution is -2.09. The molecule has 0 radical (unpaired) electrons. The van der Waals surface area contributed by atoms with Gasteiger partial charge in [-0.1, -0.05) is 121 Å². The number of fused-ring (bicyclic) bond motifs is 4. The Hall–Kier alpha value is -6.18. The van der Waals surface area contributed by atoms with Crippen molar-refractivity contribution in [3.8, 4) is 22.3 Å². The summed E-state index contributed by atoms with van der Waals surface area (Å²) in [4.78, 5) is 2.30. The first kappa shape index (κ1) is 27.2. The van der Waals surface area contributed by atoms with E-state index < -0.39 is 0 Å². The molecule has 0 aliphatic rings. The van der Waals surface area contributed by atoms with Crippen molar-refractivity contribution in [2.45, 2.75) is 0 Å². The van der Waals surface area contributed by atoms with Crippen LogP contribution >= 0.6 is 0 Å². The average Bonchev–Trinajstić information content (AvgIpc) is 3.14. The second-order valence-electron chi connectivity index (χ2n) is 12.2. The summed E-state index contributed by atoms with van der Waals surface area (Å²) in [7, 11) is 0. The van der Waals surface area contributed by atoms with Crippen LogP contribution in [0.3, 0.4) is 0 Å². The van der Waals surface area contributed by atoms with Crippen LogP contribution < -0.4 is 4.90 Å². The van der Waals surface area contributed by atoms with Gasteiger partial charge in [0, 0.05) is 17.1 Å². The third-order valence-corrected chi connectivity index (χ3v) is 9.34. The maximum atomic E-state index is 2.36. The number of rotatable bonds is 5. The Morgan fingerprint density at radius 1 is 0.255 bits per heavy atom. The quantitative estimate of drug-likeness (QED) is 0.178. The fourth-order valence-electron chi connectivity index (χ4n) is 7.06. The summed E-state index contributed by atoms with van der Waals surface area (Å²) in [5, 5.41) is 10.1. The van der Waals surface area contributed by atoms with E-state index in [1.165, 1.54) is 65.3 Å². The topological polar surface area (TPSA) is 3.24 Å². The minimum absolute atomic E-state index is 1.13. The van der Waals surface area contributed by atoms with Crippen LogP contribution in [0, 0.1) is 0 Å². The highest BCUT2D eigenvalue weighted by atomic mass is 15.1. The summed E-state index contributed by atoms with van der Waals surface area (Å²) >= 11 is 0. The number of nitrogens with zero attached hydrogens (tertiary/aromatic N) is 1. The Balaban J connectivity index is 1.09. The molecule has 0 fully saturated rings. The van der Waals surface area contributed by atoms with E-state index in [0.717, 1.165) is 17.1 Å². The summed E-state index contributed by atoms with van der Waals surface area (Å²) in [5.41, 5.74) is 8.39. The highest BCUT2D eigenvalue weighted by Gasteiger charge is 2.13. The Morgan fingerprint density at radius 2 is 0.681 bits per heavy atom. The zero-order valence-corrected chi connectivity index (χ0v) is 25.8. The highest BCUT2D eigenvalue weighted by molar-refractivity contribution is 6.14. The van der Waals surface area contributed by atoms with E-state index in [0.29, 0.717) is 0 Å². The first-order valence-electron chi connectivity index (χ1n) is 16.2. The largest absolute Gasteiger partial charge is 0.311 e. The van der Waals surface area contributed by atoms with E-state index in [1.54, 1.807) is 0 Å². The molecule has 0 aliphatic heterocycles. The summed E-state index contributed by atoms with van der Waals surface area (Å²) < 4.78 is 0. The van der Waals surface area contributed by atoms with Gasteiger partial charge in [-0.3, -0.25) is 0 Å². The smallest absolute Gasteiger partial charge is 0.0462 e. The van der Waals surface area contributed by atoms with E-state index in [4.69, 9.17) is 0 Å². The molecule has 0 saturated heterocycles. The number of anilines is 3. The van der Waals surface area contributed by atoms with Gasteiger partial charge < -0.3 is 4.90 Å². The van der Waals surface area contributed by atoms with Gasteiger partial charge in [-0.15, -0.1) is 0 Å². The van der Waals surface area contributed by atoms with E-state index in [1.807, 2.05) is 0 Å². The Bertz CT molecular complexity index is 2460. The second kappa shape index (κ2) is 11.3. The fourth-order valence-corrected chi connectivity index (χ4v) is 7.06. The molecule has 1 heteroatoms. The zero-order valence-electron chi connectivity index (χ0n) is 25.8. The molecule has 0 amide bonds. The summed E-state index contributed by atoms with van der Waals surface area (Å²) in [6.45, 7) is 0. The maximum Gasteiger partial charge on any atom is 0.0462 e. The number of hydrogen-bond acceptors (Lipinski definition) is 1. The first-order valence-corrected chi connectivity index (χ1v) is 16.2. The van der Waals surface area contributed by atoms with Gasteiger partial charge in [0.25, 0.3) is 0 Å². The molecule has 0 spiro atoms. The maximum absolute atomic E-state index is 2.36. The summed E-state index contributed by atoms with van der Waals surface area (Å²) in [5.74, 6) is 0. The van der Waals surface area contributed by atoms with E-state index in [-0.39, 0.29) is 0 Å². The highest BCUT2D eigenvalue weighted by Crippen LogP contribution is 2.39. The molecule has 0 bridgehead atoms. The summed E-state index contributed by atoms with van der Waals surface area (Å²) in [6.07, 6.45) is 0. The van der Waals surface area contributed by atoms with E-state index in [9.17, 15) is 0 Å². The molecular formula is C46H31N. The molecule has 0 heterocycles. The minimum Gasteiger partial charge on any atom is -0.311 e. The van der Waals surface area contributed by atoms with E-state index >= 15 is 0 Å². The first-order chi connectivity index (χ1) is 23.3. The fraction of sp³-hybridized carbons (Fsp3) is 0. The molecule has 0 N–H and O–H groups in total. The lowest BCUT2D eigenvalue weighted by Gasteiger charge is -2.25. The molecular weight excluding hydrogens is 567 g/mol. The second-order valence-corrected chi connectivity index (χ2v) is 12.2. The molecule has 1 nitrogen and oxygen atoms in total. The predicted molar refractivity (Wildman–Crippen MR) is 202 cm³/mol. The van der Waals surface area contributed by atoms with Crippen LogP contribution in [0.25, 0.3) is 65.3 Å². The predicted octanol–water partition coefficient (Wildman–Crippen LogP) is 13.1. The minimum atomic E-state index is 1.13. The molecule has 47 heavy (non-hydrogen) atoms. The Labute approximate surface area is 274 Å². The van der Waals surface area contributed by atoms with Crippen molar-refractivity contribution in [1.82, 2.24) is 0 Å². The van der Waals surface area contributed by atoms with Crippen molar-refractivity contribution in [3.05, 3.63) is 188 Å².